The van der Waals surface area contributed by atoms with E-state index < -0.39 is 24.2 Å². The van der Waals surface area contributed by atoms with Gasteiger partial charge in [0.2, 0.25) is 0 Å². The van der Waals surface area contributed by atoms with Gasteiger partial charge in [-0.3, -0.25) is 9.59 Å². The predicted molar refractivity (Wildman–Crippen MR) is 107 cm³/mol. The third-order valence-electron chi connectivity index (χ3n) is 4.91. The molecule has 6 heteroatoms. The SMILES string of the molecule is CCCCCCC(=O)CCCCCC/C=C/CC[C@@H](O)C(N)(CO)C(=O)O. The first kappa shape index (κ1) is 25.8. The number of hydrogen-bond acceptors (Lipinski definition) is 5. The Morgan fingerprint density at radius 1 is 0.963 bits per heavy atom. The lowest BCUT2D eigenvalue weighted by Crippen LogP contribution is -2.60. The number of carboxylic acids is 1. The van der Waals surface area contributed by atoms with Crippen LogP contribution in [0.5, 0.6) is 0 Å². The number of allylic oxidation sites excluding steroid dienone is 2. The Bertz CT molecular complexity index is 438. The summed E-state index contributed by atoms with van der Waals surface area (Å²) in [6.45, 7) is 1.37. The van der Waals surface area contributed by atoms with Crippen molar-refractivity contribution in [2.24, 2.45) is 5.73 Å². The third-order valence-corrected chi connectivity index (χ3v) is 4.91. The minimum Gasteiger partial charge on any atom is -0.480 e. The Hall–Kier alpha value is -1.24. The van der Waals surface area contributed by atoms with Gasteiger partial charge >= 0.3 is 5.97 Å². The number of carboxylic acid groups (broad SMARTS) is 1. The van der Waals surface area contributed by atoms with E-state index in [1.54, 1.807) is 0 Å². The largest absolute Gasteiger partial charge is 0.480 e. The number of hydrogen-bond donors (Lipinski definition) is 4. The Morgan fingerprint density at radius 2 is 1.52 bits per heavy atom. The van der Waals surface area contributed by atoms with Gasteiger partial charge < -0.3 is 21.1 Å². The molecule has 1 unspecified atom stereocenters. The zero-order valence-electron chi connectivity index (χ0n) is 16.9. The minimum absolute atomic E-state index is 0.195. The number of aliphatic carboxylic acids is 1. The first-order valence-corrected chi connectivity index (χ1v) is 10.4. The molecule has 0 rings (SSSR count). The van der Waals surface area contributed by atoms with Crippen LogP contribution in [-0.4, -0.2) is 45.3 Å². The lowest BCUT2D eigenvalue weighted by molar-refractivity contribution is -0.150. The number of unbranched alkanes of at least 4 members (excludes halogenated alkanes) is 7. The maximum Gasteiger partial charge on any atom is 0.328 e. The summed E-state index contributed by atoms with van der Waals surface area (Å²) >= 11 is 0. The summed E-state index contributed by atoms with van der Waals surface area (Å²) < 4.78 is 0. The van der Waals surface area contributed by atoms with E-state index in [1.165, 1.54) is 12.8 Å². The zero-order valence-corrected chi connectivity index (χ0v) is 16.9. The number of carbonyl (C=O) groups excluding carboxylic acids is 1. The van der Waals surface area contributed by atoms with E-state index in [1.807, 2.05) is 12.2 Å². The molecular weight excluding hydrogens is 346 g/mol. The highest BCUT2D eigenvalue weighted by Gasteiger charge is 2.40. The van der Waals surface area contributed by atoms with Crippen LogP contribution in [0.25, 0.3) is 0 Å². The van der Waals surface area contributed by atoms with Crippen LogP contribution in [0.3, 0.4) is 0 Å². The van der Waals surface area contributed by atoms with Crippen LogP contribution in [0.15, 0.2) is 12.2 Å². The third kappa shape index (κ3) is 12.0. The topological polar surface area (TPSA) is 121 Å². The molecule has 0 bridgehead atoms. The molecular formula is C21H39NO5. The Morgan fingerprint density at radius 3 is 2.07 bits per heavy atom. The average Bonchev–Trinajstić information content (AvgIpc) is 2.65. The number of aliphatic hydroxyl groups excluding tert-OH is 2. The van der Waals surface area contributed by atoms with Crippen LogP contribution in [0.2, 0.25) is 0 Å². The normalized spacial score (nSPS) is 15.0. The molecule has 0 aromatic rings. The molecule has 5 N–H and O–H groups in total. The number of nitrogens with two attached hydrogens (primary N) is 1. The standard InChI is InChI=1S/C21H39NO5/c1-2-3-4-11-14-18(24)15-12-9-7-5-6-8-10-13-16-19(25)21(22,17-23)20(26)27/h8,10,19,23,25H,2-7,9,11-17,22H2,1H3,(H,26,27)/b10-8+/t19-,21?/m1/s1. The second-order valence-corrected chi connectivity index (χ2v) is 7.37. The van der Waals surface area contributed by atoms with Gasteiger partial charge in [-0.2, -0.15) is 0 Å². The summed E-state index contributed by atoms with van der Waals surface area (Å²) in [5, 5.41) is 27.9. The maximum absolute atomic E-state index is 11.7. The fourth-order valence-electron chi connectivity index (χ4n) is 2.87. The lowest BCUT2D eigenvalue weighted by atomic mass is 9.91. The van der Waals surface area contributed by atoms with Crippen LogP contribution >= 0.6 is 0 Å². The first-order chi connectivity index (χ1) is 12.9. The monoisotopic (exact) mass is 385 g/mol. The summed E-state index contributed by atoms with van der Waals surface area (Å²) in [5.41, 5.74) is 3.51. The Labute approximate surface area is 163 Å². The van der Waals surface area contributed by atoms with Crippen molar-refractivity contribution in [2.45, 2.75) is 102 Å². The van der Waals surface area contributed by atoms with Crippen molar-refractivity contribution in [3.8, 4) is 0 Å². The van der Waals surface area contributed by atoms with Gasteiger partial charge in [0.05, 0.1) is 12.7 Å². The number of aliphatic hydroxyl groups is 2. The van der Waals surface area contributed by atoms with E-state index in [9.17, 15) is 14.7 Å². The molecule has 0 aromatic carbocycles. The molecule has 2 atom stereocenters. The van der Waals surface area contributed by atoms with E-state index in [-0.39, 0.29) is 6.42 Å². The molecule has 6 nitrogen and oxygen atoms in total. The lowest BCUT2D eigenvalue weighted by Gasteiger charge is -2.27. The highest BCUT2D eigenvalue weighted by atomic mass is 16.4. The Balaban J connectivity index is 3.63. The van der Waals surface area contributed by atoms with Gasteiger partial charge in [0, 0.05) is 12.8 Å². The van der Waals surface area contributed by atoms with Crippen LogP contribution < -0.4 is 5.73 Å². The van der Waals surface area contributed by atoms with E-state index in [2.05, 4.69) is 6.92 Å². The highest BCUT2D eigenvalue weighted by Crippen LogP contribution is 2.14. The molecule has 158 valence electrons. The van der Waals surface area contributed by atoms with Crippen molar-refractivity contribution in [2.75, 3.05) is 6.61 Å². The predicted octanol–water partition coefficient (Wildman–Crippen LogP) is 3.34. The smallest absolute Gasteiger partial charge is 0.328 e. The number of ketones is 1. The quantitative estimate of drug-likeness (QED) is 0.212. The molecule has 0 saturated carbocycles. The van der Waals surface area contributed by atoms with Crippen molar-refractivity contribution in [3.05, 3.63) is 12.2 Å². The minimum atomic E-state index is -2.00. The highest BCUT2D eigenvalue weighted by molar-refractivity contribution is 5.79. The van der Waals surface area contributed by atoms with Crippen LogP contribution in [0.4, 0.5) is 0 Å². The zero-order chi connectivity index (χ0) is 20.5. The Kier molecular flexibility index (Phi) is 15.1. The van der Waals surface area contributed by atoms with E-state index in [0.717, 1.165) is 51.4 Å². The molecule has 0 aromatic heterocycles. The number of Topliss-reactive ketones (excluding diaryl/α,β-unsaturated/α-hetero) is 1. The molecule has 0 aliphatic carbocycles. The van der Waals surface area contributed by atoms with Crippen LogP contribution in [0, 0.1) is 0 Å². The van der Waals surface area contributed by atoms with E-state index in [4.69, 9.17) is 15.9 Å². The molecule has 27 heavy (non-hydrogen) atoms. The van der Waals surface area contributed by atoms with Gasteiger partial charge in [-0.1, -0.05) is 51.2 Å². The average molecular weight is 386 g/mol. The molecule has 0 fully saturated rings. The van der Waals surface area contributed by atoms with Gasteiger partial charge in [0.15, 0.2) is 5.54 Å². The molecule has 0 spiro atoms. The van der Waals surface area contributed by atoms with Gasteiger partial charge in [-0.25, -0.2) is 0 Å². The number of rotatable bonds is 18. The van der Waals surface area contributed by atoms with Gasteiger partial charge in [-0.05, 0) is 38.5 Å². The molecule has 0 heterocycles. The summed E-state index contributed by atoms with van der Waals surface area (Å²) in [5.74, 6) is -1.01. The van der Waals surface area contributed by atoms with E-state index in [0.29, 0.717) is 18.6 Å². The van der Waals surface area contributed by atoms with Crippen molar-refractivity contribution < 1.29 is 24.9 Å². The fourth-order valence-corrected chi connectivity index (χ4v) is 2.87. The summed E-state index contributed by atoms with van der Waals surface area (Å²) in [4.78, 5) is 22.7. The summed E-state index contributed by atoms with van der Waals surface area (Å²) in [6.07, 6.45) is 14.5. The second kappa shape index (κ2) is 15.8. The van der Waals surface area contributed by atoms with Crippen LogP contribution in [-0.2, 0) is 9.59 Å². The summed E-state index contributed by atoms with van der Waals surface area (Å²) in [6, 6.07) is 0. The van der Waals surface area contributed by atoms with Gasteiger partial charge in [0.25, 0.3) is 0 Å². The van der Waals surface area contributed by atoms with Crippen molar-refractivity contribution in [1.29, 1.82) is 0 Å². The van der Waals surface area contributed by atoms with Crippen LogP contribution in [0.1, 0.15) is 90.4 Å². The fraction of sp³-hybridized carbons (Fsp3) is 0.810. The van der Waals surface area contributed by atoms with E-state index >= 15 is 0 Å². The molecule has 0 aliphatic rings. The molecule has 0 amide bonds. The van der Waals surface area contributed by atoms with Gasteiger partial charge in [-0.15, -0.1) is 0 Å². The second-order valence-electron chi connectivity index (χ2n) is 7.37. The van der Waals surface area contributed by atoms with Crippen molar-refractivity contribution >= 4 is 11.8 Å². The molecule has 0 aliphatic heterocycles. The maximum atomic E-state index is 11.7. The molecule has 0 radical (unpaired) electrons. The first-order valence-electron chi connectivity index (χ1n) is 10.4. The van der Waals surface area contributed by atoms with Gasteiger partial charge in [0.1, 0.15) is 5.78 Å². The summed E-state index contributed by atoms with van der Waals surface area (Å²) in [7, 11) is 0. The van der Waals surface area contributed by atoms with Crippen molar-refractivity contribution in [3.63, 3.8) is 0 Å². The van der Waals surface area contributed by atoms with Crippen molar-refractivity contribution in [1.82, 2.24) is 0 Å². The molecule has 0 saturated heterocycles. The number of carbonyl (C=O) groups is 2.